The molecule has 0 aliphatic heterocycles. The van der Waals surface area contributed by atoms with E-state index in [4.69, 9.17) is 4.74 Å². The topological polar surface area (TPSA) is 59.3 Å². The third-order valence-electron chi connectivity index (χ3n) is 5.11. The van der Waals surface area contributed by atoms with E-state index in [9.17, 15) is 5.11 Å². The third-order valence-corrected chi connectivity index (χ3v) is 5.11. The number of aliphatic hydroxyl groups is 1. The van der Waals surface area contributed by atoms with Gasteiger partial charge < -0.3 is 15.2 Å². The summed E-state index contributed by atoms with van der Waals surface area (Å²) in [6, 6.07) is 8.00. The first kappa shape index (κ1) is 17.8. The lowest BCUT2D eigenvalue weighted by Gasteiger charge is -2.28. The summed E-state index contributed by atoms with van der Waals surface area (Å²) in [5.41, 5.74) is 4.61. The molecular weight excluding hydrogens is 314 g/mol. The Morgan fingerprint density at radius 3 is 2.56 bits per heavy atom. The van der Waals surface area contributed by atoms with Crippen LogP contribution >= 0.6 is 0 Å². The lowest BCUT2D eigenvalue weighted by molar-refractivity contribution is 0.00688. The Kier molecular flexibility index (Phi) is 5.63. The monoisotopic (exact) mass is 343 g/mol. The summed E-state index contributed by atoms with van der Waals surface area (Å²) < 4.78 is 7.99. The number of hydrogen-bond acceptors (Lipinski definition) is 4. The molecule has 2 atom stereocenters. The van der Waals surface area contributed by atoms with Crippen LogP contribution in [0.3, 0.4) is 0 Å². The molecule has 136 valence electrons. The van der Waals surface area contributed by atoms with E-state index < -0.39 is 0 Å². The maximum absolute atomic E-state index is 10.0. The van der Waals surface area contributed by atoms with Gasteiger partial charge in [0.1, 0.15) is 11.9 Å². The van der Waals surface area contributed by atoms with Crippen molar-refractivity contribution in [1.82, 2.24) is 9.78 Å². The lowest BCUT2D eigenvalue weighted by Crippen LogP contribution is -2.34. The zero-order valence-electron chi connectivity index (χ0n) is 15.5. The van der Waals surface area contributed by atoms with Crippen molar-refractivity contribution in [2.75, 3.05) is 5.32 Å². The van der Waals surface area contributed by atoms with E-state index in [1.165, 1.54) is 11.3 Å². The quantitative estimate of drug-likeness (QED) is 0.837. The summed E-state index contributed by atoms with van der Waals surface area (Å²) in [6.45, 7) is 7.94. The largest absolute Gasteiger partial charge is 0.488 e. The molecule has 1 aliphatic carbocycles. The van der Waals surface area contributed by atoms with Crippen molar-refractivity contribution in [2.24, 2.45) is 0 Å². The van der Waals surface area contributed by atoms with E-state index in [1.54, 1.807) is 0 Å². The molecule has 25 heavy (non-hydrogen) atoms. The first-order valence-corrected chi connectivity index (χ1v) is 9.30. The summed E-state index contributed by atoms with van der Waals surface area (Å²) in [4.78, 5) is 0. The molecule has 0 saturated heterocycles. The molecular formula is C20H29N3O2. The molecule has 1 aromatic carbocycles. The van der Waals surface area contributed by atoms with Crippen LogP contribution in [-0.4, -0.2) is 27.1 Å². The summed E-state index contributed by atoms with van der Waals surface area (Å²) in [6.07, 6.45) is 3.59. The van der Waals surface area contributed by atoms with Crippen molar-refractivity contribution >= 4 is 5.69 Å². The van der Waals surface area contributed by atoms with Crippen molar-refractivity contribution in [2.45, 2.75) is 71.8 Å². The minimum absolute atomic E-state index is 0.0715. The molecule has 0 bridgehead atoms. The van der Waals surface area contributed by atoms with E-state index in [2.05, 4.69) is 31.2 Å². The Morgan fingerprint density at radius 1 is 1.20 bits per heavy atom. The Hall–Kier alpha value is -2.01. The second-order valence-electron chi connectivity index (χ2n) is 6.85. The van der Waals surface area contributed by atoms with Gasteiger partial charge in [-0.25, -0.2) is 0 Å². The maximum Gasteiger partial charge on any atom is 0.124 e. The number of rotatable bonds is 6. The van der Waals surface area contributed by atoms with Gasteiger partial charge >= 0.3 is 0 Å². The summed E-state index contributed by atoms with van der Waals surface area (Å²) >= 11 is 0. The highest BCUT2D eigenvalue weighted by atomic mass is 16.5. The molecule has 1 saturated carbocycles. The van der Waals surface area contributed by atoms with Crippen LogP contribution in [0.4, 0.5) is 5.69 Å². The maximum atomic E-state index is 10.0. The predicted octanol–water partition coefficient (Wildman–Crippen LogP) is 3.81. The lowest BCUT2D eigenvalue weighted by atomic mass is 9.95. The average molecular weight is 343 g/mol. The number of nitrogens with one attached hydrogen (secondary N) is 1. The van der Waals surface area contributed by atoms with Crippen molar-refractivity contribution in [1.29, 1.82) is 0 Å². The number of hydrogen-bond donors (Lipinski definition) is 2. The number of aryl methyl sites for hydroxylation is 2. The zero-order valence-corrected chi connectivity index (χ0v) is 15.5. The van der Waals surface area contributed by atoms with Crippen LogP contribution in [0.1, 0.15) is 49.6 Å². The molecule has 0 radical (unpaired) electrons. The molecule has 1 heterocycles. The van der Waals surface area contributed by atoms with Crippen LogP contribution in [0.25, 0.3) is 0 Å². The fourth-order valence-electron chi connectivity index (χ4n) is 3.53. The van der Waals surface area contributed by atoms with Crippen molar-refractivity contribution in [3.63, 3.8) is 0 Å². The Bertz CT molecular complexity index is 694. The van der Waals surface area contributed by atoms with E-state index in [0.29, 0.717) is 0 Å². The second kappa shape index (κ2) is 7.91. The number of anilines is 1. The fraction of sp³-hybridized carbons (Fsp3) is 0.550. The number of ether oxygens (including phenoxy) is 1. The first-order valence-electron chi connectivity index (χ1n) is 9.30. The molecule has 1 aliphatic rings. The molecule has 2 unspecified atom stereocenters. The van der Waals surface area contributed by atoms with Gasteiger partial charge in [-0.1, -0.05) is 6.42 Å². The standard InChI is InChI=1S/C20H29N3O2/c1-4-23-15(3)18(14(2)22-23)13-21-16-9-11-17(12-10-16)25-20-8-6-5-7-19(20)24/h9-12,19-21,24H,4-8,13H2,1-3H3. The molecule has 5 nitrogen and oxygen atoms in total. The fourth-order valence-corrected chi connectivity index (χ4v) is 3.53. The normalized spacial score (nSPS) is 20.5. The van der Waals surface area contributed by atoms with E-state index in [-0.39, 0.29) is 12.2 Å². The Morgan fingerprint density at radius 2 is 1.92 bits per heavy atom. The Labute approximate surface area is 150 Å². The van der Waals surface area contributed by atoms with Crippen LogP contribution in [0.5, 0.6) is 5.75 Å². The van der Waals surface area contributed by atoms with Crippen LogP contribution < -0.4 is 10.1 Å². The van der Waals surface area contributed by atoms with Gasteiger partial charge in [0.15, 0.2) is 0 Å². The SMILES string of the molecule is CCn1nc(C)c(CNc2ccc(OC3CCCCC3O)cc2)c1C. The third kappa shape index (κ3) is 4.15. The highest BCUT2D eigenvalue weighted by molar-refractivity contribution is 5.47. The van der Waals surface area contributed by atoms with Gasteiger partial charge in [-0.3, -0.25) is 4.68 Å². The van der Waals surface area contributed by atoms with Crippen molar-refractivity contribution in [3.8, 4) is 5.75 Å². The molecule has 0 spiro atoms. The smallest absolute Gasteiger partial charge is 0.124 e. The van der Waals surface area contributed by atoms with Gasteiger partial charge in [0.05, 0.1) is 11.8 Å². The summed E-state index contributed by atoms with van der Waals surface area (Å²) in [5, 5.41) is 18.0. The molecule has 5 heteroatoms. The van der Waals surface area contributed by atoms with Crippen LogP contribution in [-0.2, 0) is 13.1 Å². The van der Waals surface area contributed by atoms with E-state index in [1.807, 2.05) is 28.9 Å². The first-order chi connectivity index (χ1) is 12.1. The highest BCUT2D eigenvalue weighted by Gasteiger charge is 2.24. The van der Waals surface area contributed by atoms with E-state index in [0.717, 1.165) is 55.9 Å². The van der Waals surface area contributed by atoms with Gasteiger partial charge in [-0.05, 0) is 64.3 Å². The predicted molar refractivity (Wildman–Crippen MR) is 100 cm³/mol. The van der Waals surface area contributed by atoms with Gasteiger partial charge in [0.2, 0.25) is 0 Å². The minimum atomic E-state index is -0.340. The number of aromatic nitrogens is 2. The van der Waals surface area contributed by atoms with Gasteiger partial charge in [0.25, 0.3) is 0 Å². The van der Waals surface area contributed by atoms with Gasteiger partial charge in [0, 0.05) is 30.0 Å². The minimum Gasteiger partial charge on any atom is -0.488 e. The van der Waals surface area contributed by atoms with Crippen LogP contribution in [0, 0.1) is 13.8 Å². The second-order valence-corrected chi connectivity index (χ2v) is 6.85. The summed E-state index contributed by atoms with van der Waals surface area (Å²) in [5.74, 6) is 0.822. The molecule has 2 aromatic rings. The highest BCUT2D eigenvalue weighted by Crippen LogP contribution is 2.25. The Balaban J connectivity index is 1.58. The van der Waals surface area contributed by atoms with Crippen molar-refractivity contribution in [3.05, 3.63) is 41.2 Å². The molecule has 1 fully saturated rings. The average Bonchev–Trinajstić information content (AvgIpc) is 2.90. The number of benzene rings is 1. The molecule has 3 rings (SSSR count). The van der Waals surface area contributed by atoms with Gasteiger partial charge in [-0.15, -0.1) is 0 Å². The zero-order chi connectivity index (χ0) is 17.8. The van der Waals surface area contributed by atoms with Crippen LogP contribution in [0.2, 0.25) is 0 Å². The number of nitrogens with zero attached hydrogens (tertiary/aromatic N) is 2. The van der Waals surface area contributed by atoms with Gasteiger partial charge in [-0.2, -0.15) is 5.10 Å². The molecule has 2 N–H and O–H groups in total. The van der Waals surface area contributed by atoms with E-state index >= 15 is 0 Å². The summed E-state index contributed by atoms with van der Waals surface area (Å²) in [7, 11) is 0. The van der Waals surface area contributed by atoms with Crippen molar-refractivity contribution < 1.29 is 9.84 Å². The molecule has 0 amide bonds. The van der Waals surface area contributed by atoms with Crippen LogP contribution in [0.15, 0.2) is 24.3 Å². The molecule has 1 aromatic heterocycles. The number of aliphatic hydroxyl groups excluding tert-OH is 1.